The van der Waals surface area contributed by atoms with Crippen LogP contribution >= 0.6 is 0 Å². The summed E-state index contributed by atoms with van der Waals surface area (Å²) in [6, 6.07) is 8.35. The molecule has 2 aromatic rings. The van der Waals surface area contributed by atoms with Crippen LogP contribution in [0.4, 0.5) is 0 Å². The van der Waals surface area contributed by atoms with E-state index in [4.69, 9.17) is 4.74 Å². The molecule has 1 aliphatic heterocycles. The first kappa shape index (κ1) is 17.6. The summed E-state index contributed by atoms with van der Waals surface area (Å²) >= 11 is 0. The number of methoxy groups -OCH3 is 1. The number of aromatic amines is 1. The molecular formula is C22H31N2O2+. The van der Waals surface area contributed by atoms with E-state index in [2.05, 4.69) is 55.3 Å². The molecule has 4 heteroatoms. The van der Waals surface area contributed by atoms with E-state index in [9.17, 15) is 4.79 Å². The lowest BCUT2D eigenvalue weighted by Crippen LogP contribution is -3.02. The molecule has 2 heterocycles. The van der Waals surface area contributed by atoms with Crippen molar-refractivity contribution in [1.82, 2.24) is 4.98 Å². The maximum atomic E-state index is 12.4. The van der Waals surface area contributed by atoms with Gasteiger partial charge >= 0.3 is 5.97 Å². The van der Waals surface area contributed by atoms with Gasteiger partial charge in [-0.05, 0) is 35.8 Å². The molecule has 140 valence electrons. The summed E-state index contributed by atoms with van der Waals surface area (Å²) in [5, 5.41) is 3.58. The number of aromatic nitrogens is 1. The van der Waals surface area contributed by atoms with Crippen molar-refractivity contribution in [2.24, 2.45) is 11.3 Å². The Bertz CT molecular complexity index is 822. The van der Waals surface area contributed by atoms with Crippen molar-refractivity contribution in [3.63, 3.8) is 0 Å². The Balaban J connectivity index is 1.76. The molecule has 1 aromatic carbocycles. The van der Waals surface area contributed by atoms with E-state index in [1.807, 2.05) is 0 Å². The summed E-state index contributed by atoms with van der Waals surface area (Å²) in [5.74, 6) is 0.645. The highest BCUT2D eigenvalue weighted by Gasteiger charge is 2.51. The van der Waals surface area contributed by atoms with Gasteiger partial charge in [-0.15, -0.1) is 0 Å². The minimum atomic E-state index is -0.141. The zero-order chi connectivity index (χ0) is 18.5. The predicted octanol–water partition coefficient (Wildman–Crippen LogP) is 3.26. The third-order valence-electron chi connectivity index (χ3n) is 6.86. The summed E-state index contributed by atoms with van der Waals surface area (Å²) in [6.07, 6.45) is 5.40. The highest BCUT2D eigenvalue weighted by molar-refractivity contribution is 5.86. The van der Waals surface area contributed by atoms with Gasteiger partial charge in [-0.2, -0.15) is 0 Å². The number of carbonyl (C=O) groups is 1. The zero-order valence-electron chi connectivity index (χ0n) is 16.4. The van der Waals surface area contributed by atoms with E-state index in [-0.39, 0.29) is 17.6 Å². The number of hydrogen-bond donors (Lipinski definition) is 2. The molecule has 0 bridgehead atoms. The second-order valence-corrected chi connectivity index (χ2v) is 9.32. The predicted molar refractivity (Wildman–Crippen MR) is 103 cm³/mol. The van der Waals surface area contributed by atoms with Gasteiger partial charge in [0.2, 0.25) is 0 Å². The summed E-state index contributed by atoms with van der Waals surface area (Å²) < 4.78 is 5.12. The second kappa shape index (κ2) is 6.12. The number of para-hydroxylation sites is 1. The number of ether oxygens (including phenoxy) is 1. The molecule has 1 aliphatic carbocycles. The molecule has 26 heavy (non-hydrogen) atoms. The van der Waals surface area contributed by atoms with Crippen molar-refractivity contribution in [3.8, 4) is 0 Å². The standard InChI is InChI=1S/C22H30N2O2/c1-21(2,3)14-9-11-22(12-10-14)19-16(13-18(24-22)20(25)26-4)15-7-5-6-8-17(15)23-19/h5-8,14,18,23-24H,9-13H2,1-4H3/p+1/t14?,18-,22?/m1/s1. The summed E-state index contributed by atoms with van der Waals surface area (Å²) in [6.45, 7) is 7.06. The van der Waals surface area contributed by atoms with Crippen LogP contribution in [0.25, 0.3) is 10.9 Å². The molecular weight excluding hydrogens is 324 g/mol. The molecule has 1 aromatic heterocycles. The number of carbonyl (C=O) groups excluding carboxylic acids is 1. The lowest BCUT2D eigenvalue weighted by Gasteiger charge is -2.45. The fourth-order valence-electron chi connectivity index (χ4n) is 5.30. The third-order valence-corrected chi connectivity index (χ3v) is 6.86. The van der Waals surface area contributed by atoms with Gasteiger partial charge in [-0.25, -0.2) is 4.79 Å². The Morgan fingerprint density at radius 2 is 1.92 bits per heavy atom. The van der Waals surface area contributed by atoms with E-state index in [1.54, 1.807) is 0 Å². The van der Waals surface area contributed by atoms with Crippen molar-refractivity contribution >= 4 is 16.9 Å². The topological polar surface area (TPSA) is 58.7 Å². The highest BCUT2D eigenvalue weighted by Crippen LogP contribution is 2.46. The molecule has 0 radical (unpaired) electrons. The quantitative estimate of drug-likeness (QED) is 0.772. The Kier molecular flexibility index (Phi) is 4.14. The van der Waals surface area contributed by atoms with Crippen LogP contribution in [-0.4, -0.2) is 24.1 Å². The number of fused-ring (bicyclic) bond motifs is 4. The maximum absolute atomic E-state index is 12.4. The van der Waals surface area contributed by atoms with Crippen molar-refractivity contribution in [3.05, 3.63) is 35.5 Å². The molecule has 1 saturated carbocycles. The van der Waals surface area contributed by atoms with E-state index >= 15 is 0 Å². The van der Waals surface area contributed by atoms with Gasteiger partial charge < -0.3 is 15.0 Å². The number of nitrogens with two attached hydrogens (primary N) is 1. The third kappa shape index (κ3) is 2.75. The second-order valence-electron chi connectivity index (χ2n) is 9.32. The Hall–Kier alpha value is -1.81. The molecule has 2 aliphatic rings. The average Bonchev–Trinajstić information content (AvgIpc) is 3.00. The van der Waals surface area contributed by atoms with E-state index in [0.29, 0.717) is 5.41 Å². The lowest BCUT2D eigenvalue weighted by atomic mass is 9.65. The number of nitrogens with one attached hydrogen (secondary N) is 1. The largest absolute Gasteiger partial charge is 0.465 e. The van der Waals surface area contributed by atoms with Crippen LogP contribution in [0.3, 0.4) is 0 Å². The highest BCUT2D eigenvalue weighted by atomic mass is 16.5. The molecule has 0 saturated heterocycles. The fraction of sp³-hybridized carbons (Fsp3) is 0.591. The molecule has 1 spiro atoms. The fourth-order valence-corrected chi connectivity index (χ4v) is 5.30. The SMILES string of the molecule is COC(=O)[C@H]1Cc2c([nH]c3ccccc23)C2(CCC(C(C)(C)C)CC2)[NH2+]1. The molecule has 4 nitrogen and oxygen atoms in total. The number of benzene rings is 1. The van der Waals surface area contributed by atoms with Crippen molar-refractivity contribution in [2.45, 2.75) is 64.5 Å². The van der Waals surface area contributed by atoms with Gasteiger partial charge in [0.05, 0.1) is 12.8 Å². The molecule has 1 fully saturated rings. The van der Waals surface area contributed by atoms with Gasteiger partial charge in [0.15, 0.2) is 6.04 Å². The maximum Gasteiger partial charge on any atom is 0.364 e. The number of hydrogen-bond acceptors (Lipinski definition) is 2. The summed E-state index contributed by atoms with van der Waals surface area (Å²) in [4.78, 5) is 16.1. The van der Waals surface area contributed by atoms with Gasteiger partial charge in [0, 0.05) is 30.2 Å². The minimum Gasteiger partial charge on any atom is -0.465 e. The van der Waals surface area contributed by atoms with E-state index in [0.717, 1.165) is 25.2 Å². The van der Waals surface area contributed by atoms with Crippen LogP contribution in [0.1, 0.15) is 57.7 Å². The van der Waals surface area contributed by atoms with Crippen LogP contribution in [0.2, 0.25) is 0 Å². The molecule has 1 atom stereocenters. The van der Waals surface area contributed by atoms with Gasteiger partial charge in [-0.1, -0.05) is 39.0 Å². The van der Waals surface area contributed by atoms with Crippen LogP contribution in [-0.2, 0) is 21.5 Å². The Labute approximate surface area is 155 Å². The number of esters is 1. The number of quaternary nitrogens is 1. The number of H-pyrrole nitrogens is 1. The van der Waals surface area contributed by atoms with Crippen LogP contribution in [0.15, 0.2) is 24.3 Å². The van der Waals surface area contributed by atoms with E-state index in [1.165, 1.54) is 42.1 Å². The smallest absolute Gasteiger partial charge is 0.364 e. The number of rotatable bonds is 1. The Morgan fingerprint density at radius 1 is 1.23 bits per heavy atom. The molecule has 0 unspecified atom stereocenters. The average molecular weight is 356 g/mol. The first-order valence-corrected chi connectivity index (χ1v) is 9.88. The first-order chi connectivity index (χ1) is 12.3. The molecule has 3 N–H and O–H groups in total. The van der Waals surface area contributed by atoms with Gasteiger partial charge in [0.1, 0.15) is 5.54 Å². The van der Waals surface area contributed by atoms with Gasteiger partial charge in [-0.3, -0.25) is 0 Å². The van der Waals surface area contributed by atoms with Gasteiger partial charge in [0.25, 0.3) is 0 Å². The van der Waals surface area contributed by atoms with Crippen LogP contribution < -0.4 is 5.32 Å². The van der Waals surface area contributed by atoms with Crippen molar-refractivity contribution in [2.75, 3.05) is 7.11 Å². The minimum absolute atomic E-state index is 0.0206. The Morgan fingerprint density at radius 3 is 2.58 bits per heavy atom. The first-order valence-electron chi connectivity index (χ1n) is 9.88. The molecule has 0 amide bonds. The zero-order valence-corrected chi connectivity index (χ0v) is 16.4. The monoisotopic (exact) mass is 355 g/mol. The lowest BCUT2D eigenvalue weighted by molar-refractivity contribution is -0.764. The molecule has 4 rings (SSSR count). The van der Waals surface area contributed by atoms with Crippen molar-refractivity contribution in [1.29, 1.82) is 0 Å². The summed E-state index contributed by atoms with van der Waals surface area (Å²) in [7, 11) is 1.50. The summed E-state index contributed by atoms with van der Waals surface area (Å²) in [5.41, 5.74) is 4.20. The van der Waals surface area contributed by atoms with E-state index < -0.39 is 0 Å². The van der Waals surface area contributed by atoms with Crippen LogP contribution in [0.5, 0.6) is 0 Å². The van der Waals surface area contributed by atoms with Crippen LogP contribution in [0, 0.1) is 11.3 Å². The van der Waals surface area contributed by atoms with Crippen molar-refractivity contribution < 1.29 is 14.8 Å². The normalized spacial score (nSPS) is 28.9.